The SMILES string of the molecule is c1ccc(-c2cc(-c3ccc(-c4ccccn4)cc3)nc(-c3ccc(-c4ccc(-c5ccc6sc7ccccc7c6c5)c5c4oc4ccccc45)cc3)n2)cc1. The second-order valence-electron chi connectivity index (χ2n) is 14.0. The number of para-hydroxylation sites is 1. The normalized spacial score (nSPS) is 11.6. The Bertz CT molecular complexity index is 3220. The molecule has 0 unspecified atom stereocenters. The van der Waals surface area contributed by atoms with Gasteiger partial charge in [0.1, 0.15) is 11.2 Å². The summed E-state index contributed by atoms with van der Waals surface area (Å²) >= 11 is 1.84. The summed E-state index contributed by atoms with van der Waals surface area (Å²) in [6.07, 6.45) is 1.82. The van der Waals surface area contributed by atoms with Gasteiger partial charge in [-0.1, -0.05) is 133 Å². The van der Waals surface area contributed by atoms with Gasteiger partial charge in [0.25, 0.3) is 0 Å². The van der Waals surface area contributed by atoms with Crippen molar-refractivity contribution in [2.45, 2.75) is 0 Å². The van der Waals surface area contributed by atoms with Gasteiger partial charge in [0.05, 0.1) is 17.1 Å². The highest BCUT2D eigenvalue weighted by Crippen LogP contribution is 2.44. The first-order valence-corrected chi connectivity index (χ1v) is 19.5. The van der Waals surface area contributed by atoms with Crippen molar-refractivity contribution in [3.8, 4) is 67.4 Å². The Labute approximate surface area is 327 Å². The molecule has 56 heavy (non-hydrogen) atoms. The monoisotopic (exact) mass is 733 g/mol. The standard InChI is InChI=1S/C51H31N3OS/c1-2-10-33(11-3-1)44-31-45(35-21-19-34(20-22-35)43-14-8-9-29-52-43)54-51(53-44)36-23-17-32(18-24-36)39-27-26-38(49-41-13-4-6-15-46(41)55-50(39)49)37-25-28-48-42(30-37)40-12-5-7-16-47(40)56-48/h1-31H. The molecule has 0 spiro atoms. The smallest absolute Gasteiger partial charge is 0.160 e. The summed E-state index contributed by atoms with van der Waals surface area (Å²) in [5, 5.41) is 4.81. The van der Waals surface area contributed by atoms with Crippen molar-refractivity contribution in [1.82, 2.24) is 15.0 Å². The van der Waals surface area contributed by atoms with E-state index in [1.807, 2.05) is 60.0 Å². The average Bonchev–Trinajstić information content (AvgIpc) is 3.85. The van der Waals surface area contributed by atoms with Crippen LogP contribution in [-0.2, 0) is 0 Å². The number of fused-ring (bicyclic) bond motifs is 6. The maximum atomic E-state index is 6.70. The van der Waals surface area contributed by atoms with Crippen LogP contribution in [0.1, 0.15) is 0 Å². The van der Waals surface area contributed by atoms with E-state index in [-0.39, 0.29) is 0 Å². The van der Waals surface area contributed by atoms with E-state index in [1.165, 1.54) is 25.7 Å². The second-order valence-corrected chi connectivity index (χ2v) is 15.1. The lowest BCUT2D eigenvalue weighted by molar-refractivity contribution is 0.670. The van der Waals surface area contributed by atoms with E-state index in [1.54, 1.807) is 0 Å². The Hall–Kier alpha value is -7.21. The molecular weight excluding hydrogens is 703 g/mol. The number of pyridine rings is 1. The summed E-state index contributed by atoms with van der Waals surface area (Å²) < 4.78 is 9.30. The molecule has 0 radical (unpaired) electrons. The topological polar surface area (TPSA) is 51.8 Å². The summed E-state index contributed by atoms with van der Waals surface area (Å²) in [6.45, 7) is 0. The first-order chi connectivity index (χ1) is 27.7. The number of hydrogen-bond donors (Lipinski definition) is 0. The highest BCUT2D eigenvalue weighted by Gasteiger charge is 2.19. The Balaban J connectivity index is 1.00. The van der Waals surface area contributed by atoms with Crippen LogP contribution < -0.4 is 0 Å². The van der Waals surface area contributed by atoms with Crippen LogP contribution in [0, 0.1) is 0 Å². The fourth-order valence-electron chi connectivity index (χ4n) is 7.81. The quantitative estimate of drug-likeness (QED) is 0.171. The van der Waals surface area contributed by atoms with Crippen LogP contribution in [0.25, 0.3) is 110 Å². The van der Waals surface area contributed by atoms with Crippen LogP contribution in [-0.4, -0.2) is 15.0 Å². The molecule has 7 aromatic carbocycles. The van der Waals surface area contributed by atoms with Gasteiger partial charge >= 0.3 is 0 Å². The van der Waals surface area contributed by atoms with E-state index in [4.69, 9.17) is 14.4 Å². The largest absolute Gasteiger partial charge is 0.455 e. The van der Waals surface area contributed by atoms with Crippen LogP contribution in [0.15, 0.2) is 193 Å². The van der Waals surface area contributed by atoms with Gasteiger partial charge in [0.2, 0.25) is 0 Å². The minimum Gasteiger partial charge on any atom is -0.455 e. The van der Waals surface area contributed by atoms with E-state index >= 15 is 0 Å². The van der Waals surface area contributed by atoms with E-state index in [0.717, 1.165) is 78.0 Å². The maximum Gasteiger partial charge on any atom is 0.160 e. The molecule has 4 nitrogen and oxygen atoms in total. The van der Waals surface area contributed by atoms with Crippen molar-refractivity contribution in [3.05, 3.63) is 188 Å². The number of thiophene rings is 1. The Morgan fingerprint density at radius 1 is 0.393 bits per heavy atom. The van der Waals surface area contributed by atoms with E-state index in [2.05, 4.69) is 145 Å². The summed E-state index contributed by atoms with van der Waals surface area (Å²) in [4.78, 5) is 14.7. The fraction of sp³-hybridized carbons (Fsp3) is 0. The third-order valence-electron chi connectivity index (χ3n) is 10.6. The van der Waals surface area contributed by atoms with Gasteiger partial charge in [-0.2, -0.15) is 0 Å². The van der Waals surface area contributed by atoms with Gasteiger partial charge in [-0.25, -0.2) is 9.97 Å². The molecular formula is C51H31N3OS. The molecule has 11 aromatic rings. The minimum atomic E-state index is 0.669. The third kappa shape index (κ3) is 5.56. The lowest BCUT2D eigenvalue weighted by atomic mass is 9.93. The molecule has 4 aromatic heterocycles. The van der Waals surface area contributed by atoms with Gasteiger partial charge in [0, 0.05) is 65.0 Å². The molecule has 0 atom stereocenters. The number of nitrogens with zero attached hydrogens (tertiary/aromatic N) is 3. The Kier molecular flexibility index (Phi) is 7.64. The average molecular weight is 734 g/mol. The Morgan fingerprint density at radius 2 is 1.00 bits per heavy atom. The van der Waals surface area contributed by atoms with Crippen LogP contribution in [0.3, 0.4) is 0 Å². The number of hydrogen-bond acceptors (Lipinski definition) is 5. The summed E-state index contributed by atoms with van der Waals surface area (Å²) in [7, 11) is 0. The number of aromatic nitrogens is 3. The first-order valence-electron chi connectivity index (χ1n) is 18.7. The number of furan rings is 1. The second kappa shape index (κ2) is 13.3. The molecule has 0 aliphatic rings. The zero-order chi connectivity index (χ0) is 37.0. The molecule has 4 heterocycles. The Morgan fingerprint density at radius 3 is 1.79 bits per heavy atom. The van der Waals surface area contributed by atoms with Crippen LogP contribution >= 0.6 is 11.3 Å². The number of benzene rings is 7. The van der Waals surface area contributed by atoms with Gasteiger partial charge in [-0.05, 0) is 65.2 Å². The van der Waals surface area contributed by atoms with Crippen LogP contribution in [0.4, 0.5) is 0 Å². The first kappa shape index (κ1) is 32.2. The molecule has 11 rings (SSSR count). The molecule has 0 N–H and O–H groups in total. The lowest BCUT2D eigenvalue weighted by Crippen LogP contribution is -1.96. The van der Waals surface area contributed by atoms with Crippen molar-refractivity contribution in [1.29, 1.82) is 0 Å². The third-order valence-corrected chi connectivity index (χ3v) is 11.8. The molecule has 262 valence electrons. The highest BCUT2D eigenvalue weighted by molar-refractivity contribution is 7.25. The lowest BCUT2D eigenvalue weighted by Gasteiger charge is -2.11. The summed E-state index contributed by atoms with van der Waals surface area (Å²) in [6, 6.07) is 63.6. The van der Waals surface area contributed by atoms with E-state index in [9.17, 15) is 0 Å². The van der Waals surface area contributed by atoms with Crippen molar-refractivity contribution < 1.29 is 4.42 Å². The van der Waals surface area contributed by atoms with Gasteiger partial charge in [-0.3, -0.25) is 4.98 Å². The molecule has 0 aliphatic carbocycles. The minimum absolute atomic E-state index is 0.669. The van der Waals surface area contributed by atoms with Crippen molar-refractivity contribution in [2.75, 3.05) is 0 Å². The van der Waals surface area contributed by atoms with E-state index in [0.29, 0.717) is 5.82 Å². The van der Waals surface area contributed by atoms with Crippen molar-refractivity contribution >= 4 is 53.4 Å². The van der Waals surface area contributed by atoms with Gasteiger partial charge in [0.15, 0.2) is 5.82 Å². The molecule has 0 fully saturated rings. The highest BCUT2D eigenvalue weighted by atomic mass is 32.1. The number of rotatable bonds is 6. The molecule has 0 saturated carbocycles. The molecule has 0 amide bonds. The predicted octanol–water partition coefficient (Wildman–Crippen LogP) is 14.1. The zero-order valence-electron chi connectivity index (χ0n) is 30.1. The van der Waals surface area contributed by atoms with Crippen LogP contribution in [0.5, 0.6) is 0 Å². The van der Waals surface area contributed by atoms with E-state index < -0.39 is 0 Å². The summed E-state index contributed by atoms with van der Waals surface area (Å²) in [5.74, 6) is 0.669. The summed E-state index contributed by atoms with van der Waals surface area (Å²) in [5.41, 5.74) is 12.9. The maximum absolute atomic E-state index is 6.70. The van der Waals surface area contributed by atoms with Crippen LogP contribution in [0.2, 0.25) is 0 Å². The van der Waals surface area contributed by atoms with Crippen molar-refractivity contribution in [3.63, 3.8) is 0 Å². The molecule has 0 saturated heterocycles. The fourth-order valence-corrected chi connectivity index (χ4v) is 8.90. The molecule has 5 heteroatoms. The molecule has 0 aliphatic heterocycles. The van der Waals surface area contributed by atoms with Gasteiger partial charge < -0.3 is 4.42 Å². The van der Waals surface area contributed by atoms with Gasteiger partial charge in [-0.15, -0.1) is 11.3 Å². The predicted molar refractivity (Wildman–Crippen MR) is 233 cm³/mol. The molecule has 0 bridgehead atoms. The van der Waals surface area contributed by atoms with Crippen molar-refractivity contribution in [2.24, 2.45) is 0 Å². The zero-order valence-corrected chi connectivity index (χ0v) is 30.9.